The highest BCUT2D eigenvalue weighted by molar-refractivity contribution is 5.85. The largest absolute Gasteiger partial charge is 0.352 e. The Morgan fingerprint density at radius 3 is 2.67 bits per heavy atom. The molecule has 0 bridgehead atoms. The maximum absolute atomic E-state index is 11.0. The number of amides is 1. The number of hydrogen-bond acceptors (Lipinski definition) is 3. The van der Waals surface area contributed by atoms with Crippen LogP contribution in [0.2, 0.25) is 0 Å². The van der Waals surface area contributed by atoms with Gasteiger partial charge in [-0.3, -0.25) is 4.79 Å². The van der Waals surface area contributed by atoms with E-state index in [9.17, 15) is 4.79 Å². The lowest BCUT2D eigenvalue weighted by Crippen LogP contribution is -2.31. The van der Waals surface area contributed by atoms with Crippen molar-refractivity contribution >= 4 is 18.3 Å². The van der Waals surface area contributed by atoms with E-state index in [4.69, 9.17) is 5.73 Å². The molecule has 0 aliphatic heterocycles. The second-order valence-corrected chi connectivity index (χ2v) is 2.93. The van der Waals surface area contributed by atoms with Crippen molar-refractivity contribution in [3.63, 3.8) is 0 Å². The molecule has 2 atom stereocenters. The van der Waals surface area contributed by atoms with Crippen molar-refractivity contribution in [2.24, 2.45) is 5.73 Å². The van der Waals surface area contributed by atoms with E-state index in [1.165, 1.54) is 0 Å². The van der Waals surface area contributed by atoms with Crippen molar-refractivity contribution in [3.8, 4) is 0 Å². The van der Waals surface area contributed by atoms with Crippen LogP contribution in [0, 0.1) is 0 Å². The molecule has 1 amide bonds. The Balaban J connectivity index is 0.00000121. The summed E-state index contributed by atoms with van der Waals surface area (Å²) in [6.07, 6.45) is 1.48. The third kappa shape index (κ3) is 3.90. The zero-order valence-corrected chi connectivity index (χ0v) is 7.99. The normalized spacial score (nSPS) is 25.8. The van der Waals surface area contributed by atoms with Gasteiger partial charge in [0.05, 0.1) is 0 Å². The van der Waals surface area contributed by atoms with E-state index in [1.807, 2.05) is 7.05 Å². The summed E-state index contributed by atoms with van der Waals surface area (Å²) in [6, 6.07) is 0.452. The number of nitrogens with one attached hydrogen (secondary N) is 2. The van der Waals surface area contributed by atoms with E-state index in [1.54, 1.807) is 0 Å². The highest BCUT2D eigenvalue weighted by Crippen LogP contribution is 2.17. The maximum Gasteiger partial charge on any atom is 0.221 e. The van der Waals surface area contributed by atoms with Gasteiger partial charge in [-0.25, -0.2) is 0 Å². The molecule has 1 aliphatic carbocycles. The second-order valence-electron chi connectivity index (χ2n) is 2.93. The van der Waals surface area contributed by atoms with Gasteiger partial charge in [-0.05, 0) is 13.5 Å². The van der Waals surface area contributed by atoms with Crippen LogP contribution in [0.3, 0.4) is 0 Å². The van der Waals surface area contributed by atoms with Crippen LogP contribution in [0.25, 0.3) is 0 Å². The minimum absolute atomic E-state index is 0. The third-order valence-electron chi connectivity index (χ3n) is 1.79. The Morgan fingerprint density at radius 1 is 1.67 bits per heavy atom. The molecule has 4 N–H and O–H groups in total. The number of nitrogens with two attached hydrogens (primary N) is 1. The minimum atomic E-state index is 0. The zero-order chi connectivity index (χ0) is 8.27. The predicted octanol–water partition coefficient (Wildman–Crippen LogP) is -0.766. The molecule has 0 heterocycles. The average Bonchev–Trinajstić information content (AvgIpc) is 2.62. The summed E-state index contributed by atoms with van der Waals surface area (Å²) in [6.45, 7) is 0.730. The first-order valence-corrected chi connectivity index (χ1v) is 3.93. The SMILES string of the molecule is CNCCC(=O)NC1CC1N.Cl. The molecule has 0 radical (unpaired) electrons. The first-order valence-electron chi connectivity index (χ1n) is 3.93. The van der Waals surface area contributed by atoms with Crippen LogP contribution in [0.5, 0.6) is 0 Å². The Morgan fingerprint density at radius 2 is 2.25 bits per heavy atom. The molecule has 2 unspecified atom stereocenters. The maximum atomic E-state index is 11.0. The van der Waals surface area contributed by atoms with Crippen molar-refractivity contribution in [1.82, 2.24) is 10.6 Å². The predicted molar refractivity (Wildman–Crippen MR) is 50.3 cm³/mol. The number of hydrogen-bond donors (Lipinski definition) is 3. The fourth-order valence-electron chi connectivity index (χ4n) is 0.898. The van der Waals surface area contributed by atoms with Crippen molar-refractivity contribution in [2.75, 3.05) is 13.6 Å². The first-order chi connectivity index (χ1) is 5.24. The van der Waals surface area contributed by atoms with Gasteiger partial charge in [0.15, 0.2) is 0 Å². The molecular formula is C7H16ClN3O. The summed E-state index contributed by atoms with van der Waals surface area (Å²) in [5.74, 6) is 0.0947. The first kappa shape index (κ1) is 11.7. The molecule has 1 saturated carbocycles. The topological polar surface area (TPSA) is 67.2 Å². The van der Waals surface area contributed by atoms with Crippen LogP contribution in [0.4, 0.5) is 0 Å². The van der Waals surface area contributed by atoms with E-state index < -0.39 is 0 Å². The molecule has 72 valence electrons. The summed E-state index contributed by atoms with van der Waals surface area (Å²) >= 11 is 0. The molecule has 1 rings (SSSR count). The van der Waals surface area contributed by atoms with E-state index in [0.717, 1.165) is 13.0 Å². The van der Waals surface area contributed by atoms with E-state index in [-0.39, 0.29) is 30.4 Å². The summed E-state index contributed by atoms with van der Waals surface area (Å²) < 4.78 is 0. The number of halogens is 1. The average molecular weight is 194 g/mol. The Bertz CT molecular complexity index is 154. The van der Waals surface area contributed by atoms with Gasteiger partial charge in [-0.1, -0.05) is 0 Å². The molecule has 12 heavy (non-hydrogen) atoms. The lowest BCUT2D eigenvalue weighted by atomic mass is 10.4. The van der Waals surface area contributed by atoms with Gasteiger partial charge < -0.3 is 16.4 Å². The van der Waals surface area contributed by atoms with Gasteiger partial charge in [0.25, 0.3) is 0 Å². The van der Waals surface area contributed by atoms with E-state index >= 15 is 0 Å². The fourth-order valence-corrected chi connectivity index (χ4v) is 0.898. The molecule has 0 aromatic carbocycles. The quantitative estimate of drug-likeness (QED) is 0.550. The van der Waals surface area contributed by atoms with Gasteiger partial charge in [0, 0.05) is 25.0 Å². The monoisotopic (exact) mass is 193 g/mol. The van der Waals surface area contributed by atoms with Crippen LogP contribution in [-0.4, -0.2) is 31.6 Å². The van der Waals surface area contributed by atoms with Crippen LogP contribution in [-0.2, 0) is 4.79 Å². The fraction of sp³-hybridized carbons (Fsp3) is 0.857. The van der Waals surface area contributed by atoms with E-state index in [0.29, 0.717) is 6.42 Å². The van der Waals surface area contributed by atoms with Crippen LogP contribution in [0.15, 0.2) is 0 Å². The second kappa shape index (κ2) is 5.35. The summed E-state index contributed by atoms with van der Waals surface area (Å²) in [5.41, 5.74) is 5.51. The molecule has 4 nitrogen and oxygen atoms in total. The minimum Gasteiger partial charge on any atom is -0.352 e. The lowest BCUT2D eigenvalue weighted by Gasteiger charge is -2.01. The van der Waals surface area contributed by atoms with Crippen molar-refractivity contribution in [2.45, 2.75) is 24.9 Å². The molecule has 0 saturated heterocycles. The smallest absolute Gasteiger partial charge is 0.221 e. The zero-order valence-electron chi connectivity index (χ0n) is 7.17. The van der Waals surface area contributed by atoms with E-state index in [2.05, 4.69) is 10.6 Å². The van der Waals surface area contributed by atoms with Crippen molar-refractivity contribution < 1.29 is 4.79 Å². The highest BCUT2D eigenvalue weighted by atomic mass is 35.5. The van der Waals surface area contributed by atoms with Crippen LogP contribution < -0.4 is 16.4 Å². The van der Waals surface area contributed by atoms with Crippen LogP contribution >= 0.6 is 12.4 Å². The van der Waals surface area contributed by atoms with Crippen molar-refractivity contribution in [3.05, 3.63) is 0 Å². The van der Waals surface area contributed by atoms with Gasteiger partial charge in [-0.2, -0.15) is 0 Å². The summed E-state index contributed by atoms with van der Waals surface area (Å²) in [7, 11) is 1.83. The number of carbonyl (C=O) groups excluding carboxylic acids is 1. The standard InChI is InChI=1S/C7H15N3O.ClH/c1-9-3-2-7(11)10-6-4-5(6)8;/h5-6,9H,2-4,8H2,1H3,(H,10,11);1H. The molecule has 1 aliphatic rings. The number of rotatable bonds is 4. The lowest BCUT2D eigenvalue weighted by molar-refractivity contribution is -0.121. The molecule has 1 fully saturated rings. The van der Waals surface area contributed by atoms with Gasteiger partial charge in [0.2, 0.25) is 5.91 Å². The molecule has 5 heteroatoms. The summed E-state index contributed by atoms with van der Waals surface area (Å²) in [5, 5.41) is 5.75. The van der Waals surface area contributed by atoms with Gasteiger partial charge in [-0.15, -0.1) is 12.4 Å². The highest BCUT2D eigenvalue weighted by Gasteiger charge is 2.34. The Kier molecular flexibility index (Phi) is 5.20. The molecular weight excluding hydrogens is 178 g/mol. The summed E-state index contributed by atoms with van der Waals surface area (Å²) in [4.78, 5) is 11.0. The number of carbonyl (C=O) groups is 1. The molecule has 0 aromatic heterocycles. The third-order valence-corrected chi connectivity index (χ3v) is 1.79. The van der Waals surface area contributed by atoms with Crippen molar-refractivity contribution in [1.29, 1.82) is 0 Å². The Hall–Kier alpha value is -0.320. The molecule has 0 spiro atoms. The van der Waals surface area contributed by atoms with Gasteiger partial charge >= 0.3 is 0 Å². The van der Waals surface area contributed by atoms with Gasteiger partial charge in [0.1, 0.15) is 0 Å². The Labute approximate surface area is 78.7 Å². The molecule has 0 aromatic rings. The van der Waals surface area contributed by atoms with Crippen LogP contribution in [0.1, 0.15) is 12.8 Å².